The summed E-state index contributed by atoms with van der Waals surface area (Å²) in [4.78, 5) is 37.9. The summed E-state index contributed by atoms with van der Waals surface area (Å²) in [7, 11) is 0. The van der Waals surface area contributed by atoms with Crippen LogP contribution in [0.25, 0.3) is 0 Å². The van der Waals surface area contributed by atoms with Gasteiger partial charge in [-0.2, -0.15) is 0 Å². The largest absolute Gasteiger partial charge is 0.455 e. The first kappa shape index (κ1) is 18.8. The van der Waals surface area contributed by atoms with Crippen LogP contribution in [-0.4, -0.2) is 46.6 Å². The van der Waals surface area contributed by atoms with Crippen LogP contribution in [0.4, 0.5) is 0 Å². The Morgan fingerprint density at radius 2 is 1.96 bits per heavy atom. The highest BCUT2D eigenvalue weighted by atomic mass is 16.6. The van der Waals surface area contributed by atoms with E-state index in [-0.39, 0.29) is 35.2 Å². The maximum atomic E-state index is 13.4. The number of hydrogen-bond acceptors (Lipinski definition) is 6. The Morgan fingerprint density at radius 3 is 2.63 bits per heavy atom. The molecule has 148 valence electrons. The molecule has 1 saturated heterocycles. The summed E-state index contributed by atoms with van der Waals surface area (Å²) in [6.45, 7) is 9.41. The Balaban J connectivity index is 1.77. The second kappa shape index (κ2) is 5.98. The molecule has 4 fully saturated rings. The summed E-state index contributed by atoms with van der Waals surface area (Å²) < 4.78 is 11.2. The minimum atomic E-state index is -1.21. The van der Waals surface area contributed by atoms with Crippen LogP contribution < -0.4 is 0 Å². The van der Waals surface area contributed by atoms with E-state index in [9.17, 15) is 19.5 Å². The van der Waals surface area contributed by atoms with Crippen molar-refractivity contribution in [2.75, 3.05) is 0 Å². The summed E-state index contributed by atoms with van der Waals surface area (Å²) in [5.74, 6) is -1.63. The molecule has 27 heavy (non-hydrogen) atoms. The van der Waals surface area contributed by atoms with Gasteiger partial charge in [0.25, 0.3) is 0 Å². The Bertz CT molecular complexity index is 724. The van der Waals surface area contributed by atoms with Crippen LogP contribution >= 0.6 is 0 Å². The lowest BCUT2D eigenvalue weighted by atomic mass is 9.59. The maximum Gasteiger partial charge on any atom is 0.303 e. The van der Waals surface area contributed by atoms with Gasteiger partial charge in [-0.3, -0.25) is 14.4 Å². The quantitative estimate of drug-likeness (QED) is 0.427. The predicted octanol–water partition coefficient (Wildman–Crippen LogP) is 1.98. The van der Waals surface area contributed by atoms with Crippen molar-refractivity contribution in [3.8, 4) is 0 Å². The fourth-order valence-corrected chi connectivity index (χ4v) is 5.87. The highest BCUT2D eigenvalue weighted by Gasteiger charge is 2.75. The second-order valence-electron chi connectivity index (χ2n) is 9.37. The molecule has 0 aromatic heterocycles. The molecule has 0 amide bonds. The van der Waals surface area contributed by atoms with Crippen molar-refractivity contribution in [1.82, 2.24) is 0 Å². The predicted molar refractivity (Wildman–Crippen MR) is 95.7 cm³/mol. The lowest BCUT2D eigenvalue weighted by Crippen LogP contribution is -2.48. The van der Waals surface area contributed by atoms with Crippen molar-refractivity contribution >= 4 is 17.5 Å². The summed E-state index contributed by atoms with van der Waals surface area (Å²) in [5.41, 5.74) is -0.987. The van der Waals surface area contributed by atoms with Crippen LogP contribution in [0.15, 0.2) is 12.2 Å². The van der Waals surface area contributed by atoms with Gasteiger partial charge in [0.15, 0.2) is 23.3 Å². The molecule has 0 radical (unpaired) electrons. The monoisotopic (exact) mass is 376 g/mol. The highest BCUT2D eigenvalue weighted by Crippen LogP contribution is 2.59. The van der Waals surface area contributed by atoms with Crippen LogP contribution in [-0.2, 0) is 23.9 Å². The fourth-order valence-electron chi connectivity index (χ4n) is 5.87. The number of aliphatic hydroxyl groups is 1. The van der Waals surface area contributed by atoms with Gasteiger partial charge < -0.3 is 14.6 Å². The van der Waals surface area contributed by atoms with E-state index < -0.39 is 35.8 Å². The highest BCUT2D eigenvalue weighted by molar-refractivity contribution is 6.08. The number of hydrogen-bond donors (Lipinski definition) is 1. The second-order valence-corrected chi connectivity index (χ2v) is 9.37. The number of epoxide rings is 1. The molecule has 6 heteroatoms. The minimum Gasteiger partial charge on any atom is -0.455 e. The topological polar surface area (TPSA) is 93.2 Å². The first-order chi connectivity index (χ1) is 12.6. The molecule has 1 aliphatic heterocycles. The van der Waals surface area contributed by atoms with Crippen molar-refractivity contribution in [1.29, 1.82) is 0 Å². The average Bonchev–Trinajstić information content (AvgIpc) is 3.29. The average molecular weight is 376 g/mol. The number of carbonyl (C=O) groups is 3. The van der Waals surface area contributed by atoms with Crippen LogP contribution in [0, 0.1) is 23.2 Å². The molecule has 1 heterocycles. The standard InChI is InChI=1S/C21H28O6/c1-10-13-8-15(26-11(2)22)17(24)12-6-5-7-20(3,4)14(12)9-16(23)21(18(10)25)19(13)27-21/h12-16,19,23H,1,5-9H2,2-4H3/t12?,13-,14-,15-,16+,19?,21?/m0/s1. The molecule has 2 bridgehead atoms. The van der Waals surface area contributed by atoms with E-state index in [1.807, 2.05) is 0 Å². The zero-order valence-electron chi connectivity index (χ0n) is 16.2. The molecule has 3 unspecified atom stereocenters. The van der Waals surface area contributed by atoms with Crippen molar-refractivity contribution in [2.24, 2.45) is 23.2 Å². The molecular weight excluding hydrogens is 348 g/mol. The van der Waals surface area contributed by atoms with Crippen molar-refractivity contribution in [3.63, 3.8) is 0 Å². The number of carbonyl (C=O) groups excluding carboxylic acids is 3. The first-order valence-electron chi connectivity index (χ1n) is 9.90. The van der Waals surface area contributed by atoms with Crippen LogP contribution in [0.5, 0.6) is 0 Å². The Labute approximate surface area is 159 Å². The molecule has 7 atom stereocenters. The first-order valence-corrected chi connectivity index (χ1v) is 9.90. The molecule has 1 N–H and O–H groups in total. The molecule has 0 spiro atoms. The van der Waals surface area contributed by atoms with Crippen molar-refractivity contribution < 1.29 is 29.0 Å². The Hall–Kier alpha value is -1.53. The van der Waals surface area contributed by atoms with E-state index in [0.29, 0.717) is 18.4 Å². The number of Topliss-reactive ketones (excluding diaryl/α,β-unsaturated/α-hetero) is 2. The van der Waals surface area contributed by atoms with E-state index in [4.69, 9.17) is 9.47 Å². The van der Waals surface area contributed by atoms with Gasteiger partial charge in [0.2, 0.25) is 0 Å². The van der Waals surface area contributed by atoms with Crippen LogP contribution in [0.1, 0.15) is 52.9 Å². The number of aliphatic hydroxyl groups excluding tert-OH is 1. The maximum absolute atomic E-state index is 13.4. The normalized spacial score (nSPS) is 45.7. The van der Waals surface area contributed by atoms with Gasteiger partial charge in [0.05, 0.1) is 6.10 Å². The van der Waals surface area contributed by atoms with Gasteiger partial charge in [0.1, 0.15) is 6.10 Å². The van der Waals surface area contributed by atoms with Gasteiger partial charge in [-0.25, -0.2) is 0 Å². The molecule has 3 saturated carbocycles. The third kappa shape index (κ3) is 2.64. The zero-order valence-corrected chi connectivity index (χ0v) is 16.2. The Kier molecular flexibility index (Phi) is 4.17. The summed E-state index contributed by atoms with van der Waals surface area (Å²) in [6, 6.07) is 0. The van der Waals surface area contributed by atoms with Gasteiger partial charge in [-0.15, -0.1) is 0 Å². The van der Waals surface area contributed by atoms with Crippen LogP contribution in [0.3, 0.4) is 0 Å². The van der Waals surface area contributed by atoms with Gasteiger partial charge in [-0.1, -0.05) is 26.8 Å². The van der Waals surface area contributed by atoms with Gasteiger partial charge >= 0.3 is 5.97 Å². The Morgan fingerprint density at radius 1 is 1.26 bits per heavy atom. The SMILES string of the molecule is C=C1C(=O)C23OC2[C@H]1C[C@H](OC(C)=O)C(=O)C1CCCC(C)(C)[C@H]1C[C@H]3O. The van der Waals surface area contributed by atoms with Gasteiger partial charge in [-0.05, 0) is 36.2 Å². The number of esters is 1. The van der Waals surface area contributed by atoms with Crippen molar-refractivity contribution in [3.05, 3.63) is 12.2 Å². The lowest BCUT2D eigenvalue weighted by molar-refractivity contribution is -0.158. The van der Waals surface area contributed by atoms with E-state index >= 15 is 0 Å². The summed E-state index contributed by atoms with van der Waals surface area (Å²) in [6.07, 6.45) is 0.808. The number of ketones is 2. The molecule has 4 aliphatic rings. The van der Waals surface area contributed by atoms with E-state index in [0.717, 1.165) is 12.8 Å². The van der Waals surface area contributed by atoms with Crippen LogP contribution in [0.2, 0.25) is 0 Å². The van der Waals surface area contributed by atoms with E-state index in [1.54, 1.807) is 0 Å². The van der Waals surface area contributed by atoms with Gasteiger partial charge in [0, 0.05) is 25.2 Å². The third-order valence-corrected chi connectivity index (χ3v) is 7.40. The smallest absolute Gasteiger partial charge is 0.303 e. The molecular formula is C21H28O6. The fraction of sp³-hybridized carbons (Fsp3) is 0.762. The molecule has 0 aromatic carbocycles. The molecule has 4 rings (SSSR count). The lowest BCUT2D eigenvalue weighted by Gasteiger charge is -2.45. The summed E-state index contributed by atoms with van der Waals surface area (Å²) in [5, 5.41) is 11.0. The van der Waals surface area contributed by atoms with E-state index in [2.05, 4.69) is 20.4 Å². The summed E-state index contributed by atoms with van der Waals surface area (Å²) >= 11 is 0. The molecule has 3 aliphatic carbocycles. The third-order valence-electron chi connectivity index (χ3n) is 7.40. The van der Waals surface area contributed by atoms with Crippen molar-refractivity contribution in [2.45, 2.75) is 76.8 Å². The number of rotatable bonds is 1. The van der Waals surface area contributed by atoms with E-state index in [1.165, 1.54) is 6.92 Å². The number of fused-ring (bicyclic) bond motifs is 1. The minimum absolute atomic E-state index is 0.0875. The molecule has 6 nitrogen and oxygen atoms in total. The molecule has 0 aromatic rings. The zero-order chi connectivity index (χ0) is 19.7. The number of ether oxygens (including phenoxy) is 2.